The van der Waals surface area contributed by atoms with Crippen LogP contribution in [0.4, 0.5) is 19.0 Å². The van der Waals surface area contributed by atoms with E-state index >= 15 is 0 Å². The molecule has 0 unspecified atom stereocenters. The van der Waals surface area contributed by atoms with Crippen LogP contribution in [0.5, 0.6) is 0 Å². The van der Waals surface area contributed by atoms with Gasteiger partial charge in [-0.05, 0) is 42.8 Å². The molecular formula is C27H23F3N4O. The second-order valence-corrected chi connectivity index (χ2v) is 8.72. The minimum atomic E-state index is -0.715. The molecule has 35 heavy (non-hydrogen) atoms. The molecule has 1 atom stereocenters. The minimum absolute atomic E-state index is 0.119. The normalized spacial score (nSPS) is 16.1. The molecule has 8 heteroatoms. The summed E-state index contributed by atoms with van der Waals surface area (Å²) >= 11 is 0. The number of benzene rings is 3. The minimum Gasteiger partial charge on any atom is -0.351 e. The Morgan fingerprint density at radius 1 is 0.914 bits per heavy atom. The van der Waals surface area contributed by atoms with Gasteiger partial charge in [-0.25, -0.2) is 13.2 Å². The topological polar surface area (TPSA) is 49.3 Å². The number of halogens is 3. The van der Waals surface area contributed by atoms with Crippen LogP contribution in [0, 0.1) is 17.5 Å². The van der Waals surface area contributed by atoms with Crippen LogP contribution in [0.15, 0.2) is 66.7 Å². The lowest BCUT2D eigenvalue weighted by Crippen LogP contribution is -2.54. The number of hydrogen-bond acceptors (Lipinski definition) is 4. The van der Waals surface area contributed by atoms with Gasteiger partial charge in [0.25, 0.3) is 0 Å². The first kappa shape index (κ1) is 22.8. The Morgan fingerprint density at radius 3 is 2.34 bits per heavy atom. The molecule has 3 aromatic carbocycles. The zero-order valence-electron chi connectivity index (χ0n) is 19.1. The predicted molar refractivity (Wildman–Crippen MR) is 128 cm³/mol. The number of carbonyl (C=O) groups is 1. The number of carbonyl (C=O) groups excluding carboxylic acids is 1. The fourth-order valence-electron chi connectivity index (χ4n) is 4.59. The summed E-state index contributed by atoms with van der Waals surface area (Å²) in [6, 6.07) is 17.1. The third-order valence-electron chi connectivity index (χ3n) is 6.39. The van der Waals surface area contributed by atoms with E-state index in [1.165, 1.54) is 18.2 Å². The summed E-state index contributed by atoms with van der Waals surface area (Å²) in [6.07, 6.45) is -0.119. The molecule has 5 rings (SSSR count). The van der Waals surface area contributed by atoms with Crippen LogP contribution in [0.1, 0.15) is 12.5 Å². The van der Waals surface area contributed by atoms with Crippen LogP contribution >= 0.6 is 0 Å². The third-order valence-corrected chi connectivity index (χ3v) is 6.39. The highest BCUT2D eigenvalue weighted by Crippen LogP contribution is 2.32. The molecule has 0 saturated carbocycles. The van der Waals surface area contributed by atoms with E-state index in [-0.39, 0.29) is 29.8 Å². The van der Waals surface area contributed by atoms with Crippen molar-refractivity contribution in [1.82, 2.24) is 15.1 Å². The monoisotopic (exact) mass is 476 g/mol. The maximum atomic E-state index is 14.0. The molecule has 0 radical (unpaired) electrons. The Bertz CT molecular complexity index is 1390. The van der Waals surface area contributed by atoms with Crippen LogP contribution in [-0.2, 0) is 11.2 Å². The van der Waals surface area contributed by atoms with Crippen LogP contribution in [0.25, 0.3) is 22.0 Å². The maximum Gasteiger partial charge on any atom is 0.227 e. The van der Waals surface area contributed by atoms with Crippen molar-refractivity contribution < 1.29 is 18.0 Å². The number of aromatic nitrogens is 2. The largest absolute Gasteiger partial charge is 0.351 e. The fourth-order valence-corrected chi connectivity index (χ4v) is 4.59. The highest BCUT2D eigenvalue weighted by molar-refractivity contribution is 6.00. The second-order valence-electron chi connectivity index (χ2n) is 8.72. The fraction of sp³-hybridized carbons (Fsp3) is 0.222. The number of amides is 1. The van der Waals surface area contributed by atoms with Crippen LogP contribution < -0.4 is 4.90 Å². The molecule has 0 bridgehead atoms. The second kappa shape index (κ2) is 9.37. The van der Waals surface area contributed by atoms with E-state index in [1.807, 2.05) is 31.2 Å². The Balaban J connectivity index is 1.37. The molecule has 5 nitrogen and oxygen atoms in total. The number of hydrogen-bond donors (Lipinski definition) is 0. The van der Waals surface area contributed by atoms with Gasteiger partial charge in [0.05, 0.1) is 6.42 Å². The maximum absolute atomic E-state index is 14.0. The van der Waals surface area contributed by atoms with E-state index in [2.05, 4.69) is 15.1 Å². The average Bonchev–Trinajstić information content (AvgIpc) is 2.85. The zero-order valence-corrected chi connectivity index (χ0v) is 19.1. The molecule has 2 heterocycles. The van der Waals surface area contributed by atoms with Crippen molar-refractivity contribution in [2.45, 2.75) is 19.4 Å². The molecule has 178 valence electrons. The first-order chi connectivity index (χ1) is 16.9. The van der Waals surface area contributed by atoms with Crippen molar-refractivity contribution in [3.05, 3.63) is 89.7 Å². The molecule has 1 aromatic heterocycles. The molecule has 1 amide bonds. The molecular weight excluding hydrogens is 453 g/mol. The summed E-state index contributed by atoms with van der Waals surface area (Å²) in [5.41, 5.74) is 1.63. The highest BCUT2D eigenvalue weighted by atomic mass is 19.1. The number of fused-ring (bicyclic) bond motifs is 1. The Labute approximate surface area is 200 Å². The summed E-state index contributed by atoms with van der Waals surface area (Å²) in [4.78, 5) is 16.7. The van der Waals surface area contributed by atoms with Crippen molar-refractivity contribution >= 4 is 22.5 Å². The van der Waals surface area contributed by atoms with E-state index < -0.39 is 11.6 Å². The first-order valence-corrected chi connectivity index (χ1v) is 11.4. The van der Waals surface area contributed by atoms with Gasteiger partial charge in [0.2, 0.25) is 5.91 Å². The molecule has 1 fully saturated rings. The molecule has 1 aliphatic heterocycles. The van der Waals surface area contributed by atoms with Gasteiger partial charge in [-0.2, -0.15) is 0 Å². The van der Waals surface area contributed by atoms with Crippen molar-refractivity contribution in [2.24, 2.45) is 0 Å². The number of nitrogens with zero attached hydrogens (tertiary/aromatic N) is 4. The quantitative estimate of drug-likeness (QED) is 0.416. The molecule has 4 aromatic rings. The van der Waals surface area contributed by atoms with E-state index in [9.17, 15) is 18.0 Å². The van der Waals surface area contributed by atoms with Gasteiger partial charge in [0, 0.05) is 48.1 Å². The van der Waals surface area contributed by atoms with Crippen LogP contribution in [0.3, 0.4) is 0 Å². The number of anilines is 1. The predicted octanol–water partition coefficient (Wildman–Crippen LogP) is 4.99. The van der Waals surface area contributed by atoms with Gasteiger partial charge in [0.15, 0.2) is 5.82 Å². The van der Waals surface area contributed by atoms with Gasteiger partial charge in [-0.15, -0.1) is 10.2 Å². The summed E-state index contributed by atoms with van der Waals surface area (Å²) in [5, 5.41) is 10.8. The number of rotatable bonds is 4. The molecule has 0 spiro atoms. The van der Waals surface area contributed by atoms with E-state index in [0.29, 0.717) is 25.3 Å². The van der Waals surface area contributed by atoms with E-state index in [0.717, 1.165) is 34.3 Å². The molecule has 1 aliphatic rings. The highest BCUT2D eigenvalue weighted by Gasteiger charge is 2.29. The standard InChI is InChI=1S/C27H23F3N4O/c1-17-16-33(12-13-34(17)25(35)14-19-8-11-21(29)15-24(19)30)27-23-5-3-2-4-22(23)26(31-32-27)18-6-9-20(28)10-7-18/h2-11,15,17H,12-14,16H2,1H3/t17-/m0/s1. The van der Waals surface area contributed by atoms with Crippen LogP contribution in [-0.4, -0.2) is 46.7 Å². The molecule has 0 N–H and O–H groups in total. The Morgan fingerprint density at radius 2 is 1.63 bits per heavy atom. The lowest BCUT2D eigenvalue weighted by molar-refractivity contribution is -0.132. The lowest BCUT2D eigenvalue weighted by Gasteiger charge is -2.40. The zero-order chi connectivity index (χ0) is 24.5. The first-order valence-electron chi connectivity index (χ1n) is 11.4. The Hall–Kier alpha value is -3.94. The summed E-state index contributed by atoms with van der Waals surface area (Å²) in [7, 11) is 0. The molecule has 0 aliphatic carbocycles. The van der Waals surface area contributed by atoms with Crippen molar-refractivity contribution in [2.75, 3.05) is 24.5 Å². The van der Waals surface area contributed by atoms with Crippen molar-refractivity contribution in [1.29, 1.82) is 0 Å². The summed E-state index contributed by atoms with van der Waals surface area (Å²) in [5.74, 6) is -1.18. The van der Waals surface area contributed by atoms with Gasteiger partial charge < -0.3 is 9.80 Å². The van der Waals surface area contributed by atoms with Gasteiger partial charge in [-0.1, -0.05) is 30.3 Å². The summed E-state index contributed by atoms with van der Waals surface area (Å²) < 4.78 is 40.6. The van der Waals surface area contributed by atoms with Crippen molar-refractivity contribution in [3.63, 3.8) is 0 Å². The van der Waals surface area contributed by atoms with Crippen molar-refractivity contribution in [3.8, 4) is 11.3 Å². The Kier molecular flexibility index (Phi) is 6.11. The van der Waals surface area contributed by atoms with Gasteiger partial charge >= 0.3 is 0 Å². The smallest absolute Gasteiger partial charge is 0.227 e. The lowest BCUT2D eigenvalue weighted by atomic mass is 10.0. The third kappa shape index (κ3) is 4.56. The van der Waals surface area contributed by atoms with E-state index in [4.69, 9.17) is 0 Å². The van der Waals surface area contributed by atoms with Gasteiger partial charge in [-0.3, -0.25) is 4.79 Å². The average molecular weight is 477 g/mol. The molecule has 1 saturated heterocycles. The summed E-state index contributed by atoms with van der Waals surface area (Å²) in [6.45, 7) is 3.45. The number of piperazine rings is 1. The van der Waals surface area contributed by atoms with Gasteiger partial charge in [0.1, 0.15) is 23.1 Å². The SMILES string of the molecule is C[C@H]1CN(c2nnc(-c3ccc(F)cc3)c3ccccc23)CCN1C(=O)Cc1ccc(F)cc1F. The van der Waals surface area contributed by atoms with E-state index in [1.54, 1.807) is 17.0 Å². The van der Waals surface area contributed by atoms with Crippen LogP contribution in [0.2, 0.25) is 0 Å².